The first-order chi connectivity index (χ1) is 15.1. The van der Waals surface area contributed by atoms with Gasteiger partial charge in [0, 0.05) is 62.9 Å². The largest absolute Gasteiger partial charge is 0.383 e. The zero-order chi connectivity index (χ0) is 21.6. The van der Waals surface area contributed by atoms with Gasteiger partial charge in [-0.3, -0.25) is 19.6 Å². The van der Waals surface area contributed by atoms with Crippen molar-refractivity contribution in [2.45, 2.75) is 32.2 Å². The van der Waals surface area contributed by atoms with Gasteiger partial charge in [0.2, 0.25) is 0 Å². The van der Waals surface area contributed by atoms with Gasteiger partial charge in [0.15, 0.2) is 0 Å². The molecule has 2 saturated heterocycles. The monoisotopic (exact) mass is 442 g/mol. The number of hydrogen-bond donors (Lipinski definition) is 0. The predicted octanol–water partition coefficient (Wildman–Crippen LogP) is 3.24. The molecule has 168 valence electrons. The van der Waals surface area contributed by atoms with Gasteiger partial charge in [-0.1, -0.05) is 6.07 Å². The smallest absolute Gasteiger partial charge is 0.255 e. The minimum absolute atomic E-state index is 0.148. The SMILES string of the molecule is COCCN1CCN(C(=O)c2ccc(C)nc2C2CCN(Cc3cccs3)CC2)CC1. The van der Waals surface area contributed by atoms with E-state index in [0.717, 1.165) is 88.8 Å². The molecular formula is C24H34N4O2S. The molecule has 0 unspecified atom stereocenters. The molecule has 4 heterocycles. The Morgan fingerprint density at radius 3 is 2.55 bits per heavy atom. The molecule has 0 saturated carbocycles. The number of pyridine rings is 1. The van der Waals surface area contributed by atoms with Crippen LogP contribution in [0.3, 0.4) is 0 Å². The van der Waals surface area contributed by atoms with E-state index in [9.17, 15) is 4.79 Å². The lowest BCUT2D eigenvalue weighted by atomic mass is 9.89. The third kappa shape index (κ3) is 5.71. The Hall–Kier alpha value is -1.80. The van der Waals surface area contributed by atoms with Gasteiger partial charge in [-0.15, -0.1) is 11.3 Å². The summed E-state index contributed by atoms with van der Waals surface area (Å²) in [5.74, 6) is 0.510. The molecule has 2 fully saturated rings. The van der Waals surface area contributed by atoms with Crippen LogP contribution in [-0.4, -0.2) is 85.1 Å². The lowest BCUT2D eigenvalue weighted by Crippen LogP contribution is -2.49. The molecule has 0 aromatic carbocycles. The Balaban J connectivity index is 1.39. The van der Waals surface area contributed by atoms with Crippen LogP contribution in [-0.2, 0) is 11.3 Å². The van der Waals surface area contributed by atoms with Crippen LogP contribution >= 0.6 is 11.3 Å². The summed E-state index contributed by atoms with van der Waals surface area (Å²) in [5, 5.41) is 2.15. The second-order valence-electron chi connectivity index (χ2n) is 8.64. The van der Waals surface area contributed by atoms with Crippen molar-refractivity contribution in [1.82, 2.24) is 19.7 Å². The summed E-state index contributed by atoms with van der Waals surface area (Å²) in [7, 11) is 1.73. The number of nitrogens with zero attached hydrogens (tertiary/aromatic N) is 4. The number of carbonyl (C=O) groups is 1. The van der Waals surface area contributed by atoms with E-state index in [0.29, 0.717) is 5.92 Å². The minimum atomic E-state index is 0.148. The Morgan fingerprint density at radius 1 is 1.10 bits per heavy atom. The zero-order valence-corrected chi connectivity index (χ0v) is 19.6. The van der Waals surface area contributed by atoms with Crippen LogP contribution < -0.4 is 0 Å². The van der Waals surface area contributed by atoms with Crippen molar-refractivity contribution in [2.24, 2.45) is 0 Å². The molecule has 0 N–H and O–H groups in total. The lowest BCUT2D eigenvalue weighted by Gasteiger charge is -2.36. The van der Waals surface area contributed by atoms with Crippen molar-refractivity contribution in [3.05, 3.63) is 51.5 Å². The first-order valence-corrected chi connectivity index (χ1v) is 12.2. The van der Waals surface area contributed by atoms with Gasteiger partial charge < -0.3 is 9.64 Å². The summed E-state index contributed by atoms with van der Waals surface area (Å²) >= 11 is 1.83. The van der Waals surface area contributed by atoms with Crippen molar-refractivity contribution in [3.8, 4) is 0 Å². The quantitative estimate of drug-likeness (QED) is 0.659. The lowest BCUT2D eigenvalue weighted by molar-refractivity contribution is 0.0591. The fourth-order valence-corrected chi connectivity index (χ4v) is 5.37. The van der Waals surface area contributed by atoms with E-state index < -0.39 is 0 Å². The van der Waals surface area contributed by atoms with E-state index in [1.165, 1.54) is 4.88 Å². The first-order valence-electron chi connectivity index (χ1n) is 11.4. The van der Waals surface area contributed by atoms with E-state index in [1.807, 2.05) is 35.3 Å². The second-order valence-corrected chi connectivity index (χ2v) is 9.67. The average Bonchev–Trinajstić information content (AvgIpc) is 3.31. The van der Waals surface area contributed by atoms with Gasteiger partial charge in [0.05, 0.1) is 17.9 Å². The van der Waals surface area contributed by atoms with Crippen molar-refractivity contribution >= 4 is 17.2 Å². The number of hydrogen-bond acceptors (Lipinski definition) is 6. The first kappa shape index (κ1) is 22.4. The molecule has 2 aromatic rings. The van der Waals surface area contributed by atoms with E-state index in [2.05, 4.69) is 27.3 Å². The van der Waals surface area contributed by atoms with Crippen LogP contribution in [0.1, 0.15) is 45.4 Å². The maximum Gasteiger partial charge on any atom is 0.255 e. The number of rotatable bonds is 7. The summed E-state index contributed by atoms with van der Waals surface area (Å²) in [6, 6.07) is 8.33. The summed E-state index contributed by atoms with van der Waals surface area (Å²) in [6.07, 6.45) is 2.12. The van der Waals surface area contributed by atoms with Crippen LogP contribution in [0.25, 0.3) is 0 Å². The maximum atomic E-state index is 13.4. The van der Waals surface area contributed by atoms with E-state index in [4.69, 9.17) is 9.72 Å². The van der Waals surface area contributed by atoms with Gasteiger partial charge in [-0.05, 0) is 56.4 Å². The molecular weight excluding hydrogens is 408 g/mol. The molecule has 31 heavy (non-hydrogen) atoms. The summed E-state index contributed by atoms with van der Waals surface area (Å²) in [4.78, 5) is 26.6. The molecule has 0 atom stereocenters. The molecule has 2 aliphatic rings. The number of thiophene rings is 1. The maximum absolute atomic E-state index is 13.4. The summed E-state index contributed by atoms with van der Waals surface area (Å²) in [5.41, 5.74) is 2.83. The Morgan fingerprint density at radius 2 is 1.87 bits per heavy atom. The molecule has 6 nitrogen and oxygen atoms in total. The third-order valence-electron chi connectivity index (χ3n) is 6.50. The Labute approximate surface area is 189 Å². The highest BCUT2D eigenvalue weighted by atomic mass is 32.1. The normalized spacial score (nSPS) is 19.1. The van der Waals surface area contributed by atoms with Crippen molar-refractivity contribution in [3.63, 3.8) is 0 Å². The highest BCUT2D eigenvalue weighted by molar-refractivity contribution is 7.09. The molecule has 2 aromatic heterocycles. The minimum Gasteiger partial charge on any atom is -0.383 e. The van der Waals surface area contributed by atoms with Crippen LogP contribution in [0.2, 0.25) is 0 Å². The summed E-state index contributed by atoms with van der Waals surface area (Å²) < 4.78 is 5.19. The number of methoxy groups -OCH3 is 1. The number of aryl methyl sites for hydroxylation is 1. The Bertz CT molecular complexity index is 841. The number of piperazine rings is 1. The van der Waals surface area contributed by atoms with Gasteiger partial charge in [-0.2, -0.15) is 0 Å². The predicted molar refractivity (Wildman–Crippen MR) is 125 cm³/mol. The number of likely N-dealkylation sites (tertiary alicyclic amines) is 1. The van der Waals surface area contributed by atoms with Gasteiger partial charge in [0.1, 0.15) is 0 Å². The molecule has 7 heteroatoms. The molecule has 0 aliphatic carbocycles. The van der Waals surface area contributed by atoms with Crippen molar-refractivity contribution < 1.29 is 9.53 Å². The van der Waals surface area contributed by atoms with Crippen LogP contribution in [0.15, 0.2) is 29.6 Å². The average molecular weight is 443 g/mol. The third-order valence-corrected chi connectivity index (χ3v) is 7.36. The van der Waals surface area contributed by atoms with Crippen LogP contribution in [0.5, 0.6) is 0 Å². The molecule has 0 radical (unpaired) electrons. The number of piperidine rings is 1. The standard InChI is InChI=1S/C24H34N4O2S/c1-19-5-6-22(24(29)28-13-11-26(12-14-28)15-16-30-2)23(25-19)20-7-9-27(10-8-20)18-21-4-3-17-31-21/h3-6,17,20H,7-16,18H2,1-2H3. The molecule has 0 bridgehead atoms. The fourth-order valence-electron chi connectivity index (χ4n) is 4.62. The van der Waals surface area contributed by atoms with E-state index in [-0.39, 0.29) is 5.91 Å². The van der Waals surface area contributed by atoms with Gasteiger partial charge >= 0.3 is 0 Å². The van der Waals surface area contributed by atoms with Crippen molar-refractivity contribution in [2.75, 3.05) is 59.5 Å². The highest BCUT2D eigenvalue weighted by Crippen LogP contribution is 2.31. The Kier molecular flexibility index (Phi) is 7.72. The number of aromatic nitrogens is 1. The fraction of sp³-hybridized carbons (Fsp3) is 0.583. The molecule has 4 rings (SSSR count). The van der Waals surface area contributed by atoms with Crippen molar-refractivity contribution in [1.29, 1.82) is 0 Å². The van der Waals surface area contributed by atoms with Gasteiger partial charge in [0.25, 0.3) is 5.91 Å². The molecule has 2 aliphatic heterocycles. The van der Waals surface area contributed by atoms with Gasteiger partial charge in [-0.25, -0.2) is 0 Å². The molecule has 0 spiro atoms. The van der Waals surface area contributed by atoms with Crippen LogP contribution in [0, 0.1) is 6.92 Å². The van der Waals surface area contributed by atoms with E-state index >= 15 is 0 Å². The second kappa shape index (κ2) is 10.7. The topological polar surface area (TPSA) is 48.9 Å². The highest BCUT2D eigenvalue weighted by Gasteiger charge is 2.29. The van der Waals surface area contributed by atoms with E-state index in [1.54, 1.807) is 7.11 Å². The zero-order valence-electron chi connectivity index (χ0n) is 18.8. The number of carbonyl (C=O) groups excluding carboxylic acids is 1. The van der Waals surface area contributed by atoms with Crippen LogP contribution in [0.4, 0.5) is 0 Å². The number of ether oxygens (including phenoxy) is 1. The number of amides is 1. The molecule has 1 amide bonds. The summed E-state index contributed by atoms with van der Waals surface area (Å²) in [6.45, 7) is 10.2.